The molecular formula is C32H42N10O3. The summed E-state index contributed by atoms with van der Waals surface area (Å²) in [5.74, 6) is -0.385. The number of likely N-dealkylation sites (tertiary alicyclic amines) is 1. The monoisotopic (exact) mass is 614 g/mol. The average molecular weight is 615 g/mol. The zero-order chi connectivity index (χ0) is 31.6. The molecule has 0 aliphatic carbocycles. The smallest absolute Gasteiger partial charge is 0.410 e. The molecule has 0 bridgehead atoms. The number of rotatable bonds is 8. The van der Waals surface area contributed by atoms with Gasteiger partial charge in [-0.3, -0.25) is 14.2 Å². The van der Waals surface area contributed by atoms with Gasteiger partial charge in [-0.15, -0.1) is 0 Å². The topological polar surface area (TPSA) is 145 Å². The Morgan fingerprint density at radius 3 is 2.29 bits per heavy atom. The van der Waals surface area contributed by atoms with Crippen molar-refractivity contribution in [2.45, 2.75) is 82.9 Å². The van der Waals surface area contributed by atoms with Gasteiger partial charge in [0.2, 0.25) is 5.91 Å². The van der Waals surface area contributed by atoms with E-state index in [1.807, 2.05) is 54.7 Å². The second-order valence-electron chi connectivity index (χ2n) is 13.3. The molecule has 2 amide bonds. The summed E-state index contributed by atoms with van der Waals surface area (Å²) in [5, 5.41) is 27.6. The van der Waals surface area contributed by atoms with E-state index in [0.717, 1.165) is 23.2 Å². The second kappa shape index (κ2) is 12.5. The number of ether oxygens (including phenoxy) is 1. The van der Waals surface area contributed by atoms with Crippen molar-refractivity contribution in [3.63, 3.8) is 0 Å². The number of nitrogens with zero attached hydrogens (tertiary/aromatic N) is 7. The number of hydrogen-bond donors (Lipinski definition) is 3. The molecule has 13 heteroatoms. The first kappa shape index (κ1) is 30.6. The largest absolute Gasteiger partial charge is 0.444 e. The molecule has 3 atom stereocenters. The predicted octanol–water partition coefficient (Wildman–Crippen LogP) is 2.92. The van der Waals surface area contributed by atoms with Crippen molar-refractivity contribution in [3.05, 3.63) is 66.2 Å². The van der Waals surface area contributed by atoms with Crippen LogP contribution < -0.4 is 16.1 Å². The maximum Gasteiger partial charge on any atom is 0.410 e. The van der Waals surface area contributed by atoms with Gasteiger partial charge in [0.05, 0.1) is 37.0 Å². The fraction of sp³-hybridized carbons (Fsp3) is 0.531. The molecule has 45 heavy (non-hydrogen) atoms. The quantitative estimate of drug-likeness (QED) is 0.349. The lowest BCUT2D eigenvalue weighted by Gasteiger charge is -2.48. The normalized spacial score (nSPS) is 23.2. The predicted molar refractivity (Wildman–Crippen MR) is 166 cm³/mol. The van der Waals surface area contributed by atoms with Gasteiger partial charge in [0.15, 0.2) is 0 Å². The zero-order valence-electron chi connectivity index (χ0n) is 26.1. The first-order chi connectivity index (χ1) is 21.6. The molecule has 0 saturated carbocycles. The van der Waals surface area contributed by atoms with E-state index in [4.69, 9.17) is 4.74 Å². The lowest BCUT2D eigenvalue weighted by molar-refractivity contribution is -0.128. The summed E-state index contributed by atoms with van der Waals surface area (Å²) in [6.45, 7) is 8.31. The van der Waals surface area contributed by atoms with Crippen LogP contribution in [0.5, 0.6) is 0 Å². The fourth-order valence-corrected chi connectivity index (χ4v) is 6.87. The third-order valence-corrected chi connectivity index (χ3v) is 8.87. The lowest BCUT2D eigenvalue weighted by Crippen LogP contribution is -2.62. The van der Waals surface area contributed by atoms with Crippen LogP contribution >= 0.6 is 0 Å². The summed E-state index contributed by atoms with van der Waals surface area (Å²) >= 11 is 0. The summed E-state index contributed by atoms with van der Waals surface area (Å²) in [4.78, 5) is 28.0. The molecule has 2 aromatic heterocycles. The summed E-state index contributed by atoms with van der Waals surface area (Å²) in [6, 6.07) is 12.5. The van der Waals surface area contributed by atoms with Gasteiger partial charge in [-0.1, -0.05) is 6.07 Å². The number of nitrogens with one attached hydrogen (secondary N) is 3. The van der Waals surface area contributed by atoms with E-state index in [0.29, 0.717) is 45.6 Å². The molecule has 3 fully saturated rings. The van der Waals surface area contributed by atoms with Gasteiger partial charge in [-0.05, 0) is 75.4 Å². The number of aromatic nitrogens is 4. The van der Waals surface area contributed by atoms with Crippen molar-refractivity contribution in [1.82, 2.24) is 40.2 Å². The van der Waals surface area contributed by atoms with Crippen LogP contribution in [0.1, 0.15) is 57.6 Å². The lowest BCUT2D eigenvalue weighted by atomic mass is 9.81. The van der Waals surface area contributed by atoms with Crippen molar-refractivity contribution in [1.29, 1.82) is 5.26 Å². The summed E-state index contributed by atoms with van der Waals surface area (Å²) in [5.41, 5.74) is 5.57. The summed E-state index contributed by atoms with van der Waals surface area (Å²) in [7, 11) is 0. The molecule has 238 valence electrons. The van der Waals surface area contributed by atoms with Crippen molar-refractivity contribution in [3.8, 4) is 6.07 Å². The maximum absolute atomic E-state index is 13.4. The second-order valence-corrected chi connectivity index (χ2v) is 13.3. The standard InChI is InChI=1S/C32H42N10O3/c1-31(2,3)45-30(44)39-16-8-32(7-10-33,9-17-39)42-26-6-13-34-29(43)27(26)28(38-42)37-25-19-23(21-40-14-4-11-35-40)18-24(20-25)22-41-15-5-12-36-41/h4-5,11-12,14-15,18-20,26-28,37-38H,6-9,13,16-17,21-22H2,1-3H3,(H,34,43). The van der Waals surface area contributed by atoms with E-state index >= 15 is 0 Å². The number of carbonyl (C=O) groups excluding carboxylic acids is 2. The number of amides is 2. The first-order valence-electron chi connectivity index (χ1n) is 15.6. The third kappa shape index (κ3) is 6.82. The molecule has 3 aromatic rings. The molecule has 3 saturated heterocycles. The van der Waals surface area contributed by atoms with Gasteiger partial charge in [-0.2, -0.15) is 15.5 Å². The Labute approximate surface area is 263 Å². The molecule has 3 aliphatic rings. The highest BCUT2D eigenvalue weighted by atomic mass is 16.6. The molecule has 3 unspecified atom stereocenters. The molecule has 3 N–H and O–H groups in total. The van der Waals surface area contributed by atoms with E-state index in [1.165, 1.54) is 0 Å². The Hall–Kier alpha value is -4.41. The minimum Gasteiger partial charge on any atom is -0.444 e. The van der Waals surface area contributed by atoms with Gasteiger partial charge in [0, 0.05) is 56.2 Å². The Balaban J connectivity index is 1.25. The van der Waals surface area contributed by atoms with E-state index in [-0.39, 0.29) is 30.4 Å². The van der Waals surface area contributed by atoms with Crippen molar-refractivity contribution in [2.24, 2.45) is 5.92 Å². The van der Waals surface area contributed by atoms with Crippen LogP contribution in [0.3, 0.4) is 0 Å². The van der Waals surface area contributed by atoms with Gasteiger partial charge in [0.25, 0.3) is 0 Å². The highest BCUT2D eigenvalue weighted by Gasteiger charge is 2.55. The number of anilines is 1. The van der Waals surface area contributed by atoms with Crippen LogP contribution in [0.15, 0.2) is 55.1 Å². The first-order valence-corrected chi connectivity index (χ1v) is 15.6. The summed E-state index contributed by atoms with van der Waals surface area (Å²) < 4.78 is 9.38. The Kier molecular flexibility index (Phi) is 8.52. The minimum absolute atomic E-state index is 0.0125. The minimum atomic E-state index is -0.579. The maximum atomic E-state index is 13.4. The van der Waals surface area contributed by atoms with E-state index < -0.39 is 17.3 Å². The van der Waals surface area contributed by atoms with Crippen molar-refractivity contribution < 1.29 is 14.3 Å². The highest BCUT2D eigenvalue weighted by Crippen LogP contribution is 2.40. The molecule has 0 spiro atoms. The Morgan fingerprint density at radius 2 is 1.73 bits per heavy atom. The molecule has 3 aliphatic heterocycles. The van der Waals surface area contributed by atoms with E-state index in [2.05, 4.69) is 55.5 Å². The number of carbonyl (C=O) groups is 2. The number of fused-ring (bicyclic) bond motifs is 1. The van der Waals surface area contributed by atoms with Crippen LogP contribution in [0, 0.1) is 17.2 Å². The molecule has 1 aromatic carbocycles. The van der Waals surface area contributed by atoms with Crippen LogP contribution in [0.2, 0.25) is 0 Å². The van der Waals surface area contributed by atoms with E-state index in [9.17, 15) is 14.9 Å². The zero-order valence-corrected chi connectivity index (χ0v) is 26.1. The summed E-state index contributed by atoms with van der Waals surface area (Å²) in [6.07, 6.45) is 8.90. The molecule has 13 nitrogen and oxygen atoms in total. The number of nitriles is 1. The number of hydrazine groups is 1. The van der Waals surface area contributed by atoms with Crippen LogP contribution in [0.4, 0.5) is 10.5 Å². The molecule has 0 radical (unpaired) electrons. The fourth-order valence-electron chi connectivity index (χ4n) is 6.87. The number of hydrogen-bond acceptors (Lipinski definition) is 9. The van der Waals surface area contributed by atoms with Crippen LogP contribution in [-0.2, 0) is 22.6 Å². The average Bonchev–Trinajstić information content (AvgIpc) is 3.76. The number of benzene rings is 1. The van der Waals surface area contributed by atoms with E-state index in [1.54, 1.807) is 17.3 Å². The van der Waals surface area contributed by atoms with Gasteiger partial charge < -0.3 is 20.3 Å². The SMILES string of the molecule is CC(C)(C)OC(=O)N1CCC(CC#N)(N2NC(Nc3cc(Cn4cccn4)cc(Cn4cccn4)c3)C3C(=O)NCCC32)CC1. The Morgan fingerprint density at radius 1 is 1.09 bits per heavy atom. The van der Waals surface area contributed by atoms with Crippen molar-refractivity contribution in [2.75, 3.05) is 25.0 Å². The highest BCUT2D eigenvalue weighted by molar-refractivity contribution is 5.82. The van der Waals surface area contributed by atoms with Crippen molar-refractivity contribution >= 4 is 17.7 Å². The van der Waals surface area contributed by atoms with Gasteiger partial charge >= 0.3 is 6.09 Å². The molecule has 5 heterocycles. The molecular weight excluding hydrogens is 572 g/mol. The Bertz CT molecular complexity index is 1460. The van der Waals surface area contributed by atoms with Gasteiger partial charge in [0.1, 0.15) is 11.8 Å². The van der Waals surface area contributed by atoms with Crippen LogP contribution in [0.25, 0.3) is 0 Å². The molecule has 6 rings (SSSR count). The van der Waals surface area contributed by atoms with Crippen LogP contribution in [-0.4, -0.2) is 84.5 Å². The third-order valence-electron chi connectivity index (χ3n) is 8.87. The number of piperidine rings is 2. The van der Waals surface area contributed by atoms with Gasteiger partial charge in [-0.25, -0.2) is 15.2 Å².